The number of hydrogen-bond acceptors (Lipinski definition) is 2. The third-order valence-electron chi connectivity index (χ3n) is 2.50. The molecule has 0 saturated carbocycles. The Kier molecular flexibility index (Phi) is 3.31. The standard InChI is InChI=1S/C12H14FN3/c13-12-4-2-1-3-10(12)8-16-9-15-7-11(16)5-6-14/h1-4,7,9H,5-6,8,14H2. The summed E-state index contributed by atoms with van der Waals surface area (Å²) in [5, 5.41) is 0. The Hall–Kier alpha value is -1.68. The highest BCUT2D eigenvalue weighted by Crippen LogP contribution is 2.10. The van der Waals surface area contributed by atoms with Crippen LogP contribution in [0, 0.1) is 5.82 Å². The highest BCUT2D eigenvalue weighted by Gasteiger charge is 2.05. The summed E-state index contributed by atoms with van der Waals surface area (Å²) in [5.41, 5.74) is 7.20. The lowest BCUT2D eigenvalue weighted by molar-refractivity contribution is 0.595. The summed E-state index contributed by atoms with van der Waals surface area (Å²) in [5.74, 6) is -0.185. The fourth-order valence-electron chi connectivity index (χ4n) is 1.66. The molecule has 0 spiro atoms. The Labute approximate surface area is 93.7 Å². The molecule has 1 heterocycles. The van der Waals surface area contributed by atoms with E-state index in [0.717, 1.165) is 12.1 Å². The highest BCUT2D eigenvalue weighted by molar-refractivity contribution is 5.18. The summed E-state index contributed by atoms with van der Waals surface area (Å²) in [4.78, 5) is 4.05. The zero-order valence-electron chi connectivity index (χ0n) is 8.94. The average molecular weight is 219 g/mol. The van der Waals surface area contributed by atoms with Crippen molar-refractivity contribution in [3.63, 3.8) is 0 Å². The molecule has 84 valence electrons. The Bertz CT molecular complexity index is 465. The maximum Gasteiger partial charge on any atom is 0.128 e. The summed E-state index contributed by atoms with van der Waals surface area (Å²) < 4.78 is 15.4. The topological polar surface area (TPSA) is 43.8 Å². The minimum absolute atomic E-state index is 0.185. The first kappa shape index (κ1) is 10.8. The van der Waals surface area contributed by atoms with E-state index in [-0.39, 0.29) is 5.82 Å². The van der Waals surface area contributed by atoms with E-state index in [9.17, 15) is 4.39 Å². The number of hydrogen-bond donors (Lipinski definition) is 1. The Balaban J connectivity index is 2.20. The summed E-state index contributed by atoms with van der Waals surface area (Å²) in [6.07, 6.45) is 4.24. The summed E-state index contributed by atoms with van der Waals surface area (Å²) in [6.45, 7) is 1.07. The van der Waals surface area contributed by atoms with E-state index in [1.807, 2.05) is 10.6 Å². The molecule has 0 amide bonds. The van der Waals surface area contributed by atoms with Gasteiger partial charge in [0.05, 0.1) is 12.9 Å². The first-order chi connectivity index (χ1) is 7.81. The second-order valence-electron chi connectivity index (χ2n) is 3.64. The number of aromatic nitrogens is 2. The summed E-state index contributed by atoms with van der Waals surface area (Å²) >= 11 is 0. The Morgan fingerprint density at radius 2 is 2.12 bits per heavy atom. The third kappa shape index (κ3) is 2.28. The van der Waals surface area contributed by atoms with Gasteiger partial charge in [0.1, 0.15) is 5.82 Å². The predicted molar refractivity (Wildman–Crippen MR) is 60.5 cm³/mol. The largest absolute Gasteiger partial charge is 0.330 e. The van der Waals surface area contributed by atoms with Gasteiger partial charge in [-0.15, -0.1) is 0 Å². The van der Waals surface area contributed by atoms with Crippen molar-refractivity contribution in [2.75, 3.05) is 6.54 Å². The van der Waals surface area contributed by atoms with Gasteiger partial charge in [-0.05, 0) is 12.6 Å². The van der Waals surface area contributed by atoms with Crippen molar-refractivity contribution in [1.82, 2.24) is 9.55 Å². The molecule has 0 aliphatic carbocycles. The van der Waals surface area contributed by atoms with E-state index in [4.69, 9.17) is 5.73 Å². The van der Waals surface area contributed by atoms with Crippen LogP contribution in [0.3, 0.4) is 0 Å². The zero-order valence-corrected chi connectivity index (χ0v) is 8.94. The third-order valence-corrected chi connectivity index (χ3v) is 2.50. The number of nitrogens with two attached hydrogens (primary N) is 1. The van der Waals surface area contributed by atoms with Crippen LogP contribution in [0.4, 0.5) is 4.39 Å². The van der Waals surface area contributed by atoms with Gasteiger partial charge >= 0.3 is 0 Å². The van der Waals surface area contributed by atoms with E-state index in [2.05, 4.69) is 4.98 Å². The van der Waals surface area contributed by atoms with Gasteiger partial charge in [0.25, 0.3) is 0 Å². The molecule has 1 aromatic heterocycles. The van der Waals surface area contributed by atoms with E-state index >= 15 is 0 Å². The van der Waals surface area contributed by atoms with Crippen LogP contribution in [-0.2, 0) is 13.0 Å². The molecule has 2 N–H and O–H groups in total. The van der Waals surface area contributed by atoms with E-state index < -0.39 is 0 Å². The number of benzene rings is 1. The van der Waals surface area contributed by atoms with Crippen LogP contribution in [0.5, 0.6) is 0 Å². The minimum atomic E-state index is -0.185. The SMILES string of the molecule is NCCc1cncn1Cc1ccccc1F. The molecule has 4 heteroatoms. The molecule has 2 aromatic rings. The second-order valence-corrected chi connectivity index (χ2v) is 3.64. The summed E-state index contributed by atoms with van der Waals surface area (Å²) in [6, 6.07) is 6.77. The fraction of sp³-hybridized carbons (Fsp3) is 0.250. The molecule has 16 heavy (non-hydrogen) atoms. The van der Waals surface area contributed by atoms with Crippen molar-refractivity contribution in [1.29, 1.82) is 0 Å². The molecule has 0 bridgehead atoms. The zero-order chi connectivity index (χ0) is 11.4. The van der Waals surface area contributed by atoms with E-state index in [0.29, 0.717) is 18.7 Å². The van der Waals surface area contributed by atoms with Crippen LogP contribution in [0.25, 0.3) is 0 Å². The first-order valence-electron chi connectivity index (χ1n) is 5.23. The minimum Gasteiger partial charge on any atom is -0.330 e. The van der Waals surface area contributed by atoms with Crippen molar-refractivity contribution in [3.05, 3.63) is 53.9 Å². The lowest BCUT2D eigenvalue weighted by Gasteiger charge is -2.08. The van der Waals surface area contributed by atoms with Gasteiger partial charge in [0, 0.05) is 23.9 Å². The van der Waals surface area contributed by atoms with Crippen molar-refractivity contribution in [3.8, 4) is 0 Å². The van der Waals surface area contributed by atoms with Gasteiger partial charge in [-0.1, -0.05) is 18.2 Å². The molecule has 1 aromatic carbocycles. The normalized spacial score (nSPS) is 10.6. The van der Waals surface area contributed by atoms with Crippen LogP contribution < -0.4 is 5.73 Å². The van der Waals surface area contributed by atoms with Crippen LogP contribution >= 0.6 is 0 Å². The number of imidazole rings is 1. The lowest BCUT2D eigenvalue weighted by Crippen LogP contribution is -2.09. The monoisotopic (exact) mass is 219 g/mol. The van der Waals surface area contributed by atoms with Gasteiger partial charge in [0.2, 0.25) is 0 Å². The van der Waals surface area contributed by atoms with Gasteiger partial charge in [-0.25, -0.2) is 9.37 Å². The molecule has 0 atom stereocenters. The van der Waals surface area contributed by atoms with Crippen LogP contribution in [0.2, 0.25) is 0 Å². The fourth-order valence-corrected chi connectivity index (χ4v) is 1.66. The molecule has 0 radical (unpaired) electrons. The second kappa shape index (κ2) is 4.90. The molecule has 0 unspecified atom stereocenters. The highest BCUT2D eigenvalue weighted by atomic mass is 19.1. The van der Waals surface area contributed by atoms with Gasteiger partial charge < -0.3 is 10.3 Å². The van der Waals surface area contributed by atoms with Crippen LogP contribution in [-0.4, -0.2) is 16.1 Å². The molecule has 0 aliphatic rings. The molecule has 0 fully saturated rings. The van der Waals surface area contributed by atoms with Gasteiger partial charge in [0.15, 0.2) is 0 Å². The van der Waals surface area contributed by atoms with Crippen LogP contribution in [0.15, 0.2) is 36.8 Å². The Morgan fingerprint density at radius 1 is 1.31 bits per heavy atom. The average Bonchev–Trinajstić information content (AvgIpc) is 2.70. The quantitative estimate of drug-likeness (QED) is 0.848. The Morgan fingerprint density at radius 3 is 2.88 bits per heavy atom. The van der Waals surface area contributed by atoms with Crippen molar-refractivity contribution >= 4 is 0 Å². The van der Waals surface area contributed by atoms with Crippen LogP contribution in [0.1, 0.15) is 11.3 Å². The molecule has 0 saturated heterocycles. The lowest BCUT2D eigenvalue weighted by atomic mass is 10.2. The maximum atomic E-state index is 13.4. The van der Waals surface area contributed by atoms with E-state index in [1.165, 1.54) is 6.07 Å². The molecule has 0 aliphatic heterocycles. The van der Waals surface area contributed by atoms with Gasteiger partial charge in [-0.2, -0.15) is 0 Å². The van der Waals surface area contributed by atoms with Gasteiger partial charge in [-0.3, -0.25) is 0 Å². The van der Waals surface area contributed by atoms with Crippen molar-refractivity contribution in [2.45, 2.75) is 13.0 Å². The predicted octanol–water partition coefficient (Wildman–Crippen LogP) is 1.57. The number of rotatable bonds is 4. The smallest absolute Gasteiger partial charge is 0.128 e. The van der Waals surface area contributed by atoms with E-state index in [1.54, 1.807) is 24.7 Å². The molecule has 3 nitrogen and oxygen atoms in total. The van der Waals surface area contributed by atoms with Crippen molar-refractivity contribution < 1.29 is 4.39 Å². The van der Waals surface area contributed by atoms with Crippen molar-refractivity contribution in [2.24, 2.45) is 5.73 Å². The molecule has 2 rings (SSSR count). The summed E-state index contributed by atoms with van der Waals surface area (Å²) in [7, 11) is 0. The maximum absolute atomic E-state index is 13.4. The molecular weight excluding hydrogens is 205 g/mol. The number of nitrogens with zero attached hydrogens (tertiary/aromatic N) is 2. The molecular formula is C12H14FN3. The first-order valence-corrected chi connectivity index (χ1v) is 5.23. The number of halogens is 1.